The van der Waals surface area contributed by atoms with Crippen molar-refractivity contribution in [2.45, 2.75) is 12.7 Å². The van der Waals surface area contributed by atoms with Crippen LogP contribution in [0.25, 0.3) is 0 Å². The molecule has 0 amide bonds. The molecule has 0 unspecified atom stereocenters. The van der Waals surface area contributed by atoms with Gasteiger partial charge in [0.05, 0.1) is 7.11 Å². The van der Waals surface area contributed by atoms with Gasteiger partial charge in [0.1, 0.15) is 5.69 Å². The predicted molar refractivity (Wildman–Crippen MR) is 65.1 cm³/mol. The van der Waals surface area contributed by atoms with E-state index < -0.39 is 11.9 Å². The van der Waals surface area contributed by atoms with Gasteiger partial charge in [-0.15, -0.1) is 0 Å². The Bertz CT molecular complexity index is 572. The first-order valence-corrected chi connectivity index (χ1v) is 5.62. The summed E-state index contributed by atoms with van der Waals surface area (Å²) < 4.78 is 42.3. The molecular weight excluding hydrogens is 273 g/mol. The van der Waals surface area contributed by atoms with E-state index in [2.05, 4.69) is 20.3 Å². The van der Waals surface area contributed by atoms with Crippen molar-refractivity contribution in [1.82, 2.24) is 15.0 Å². The molecule has 0 aliphatic heterocycles. The van der Waals surface area contributed by atoms with Gasteiger partial charge in [-0.25, -0.2) is 15.0 Å². The van der Waals surface area contributed by atoms with Gasteiger partial charge in [0.2, 0.25) is 11.8 Å². The number of aromatic nitrogens is 3. The average molecular weight is 284 g/mol. The molecule has 5 nitrogen and oxygen atoms in total. The molecule has 0 aromatic carbocycles. The first-order valence-electron chi connectivity index (χ1n) is 5.62. The van der Waals surface area contributed by atoms with Gasteiger partial charge in [0.15, 0.2) is 0 Å². The van der Waals surface area contributed by atoms with E-state index in [0.29, 0.717) is 5.88 Å². The van der Waals surface area contributed by atoms with Crippen LogP contribution in [0.2, 0.25) is 0 Å². The third-order valence-corrected chi connectivity index (χ3v) is 2.40. The van der Waals surface area contributed by atoms with E-state index in [4.69, 9.17) is 4.74 Å². The van der Waals surface area contributed by atoms with Crippen molar-refractivity contribution >= 4 is 5.95 Å². The van der Waals surface area contributed by atoms with Crippen LogP contribution in [0, 0.1) is 0 Å². The molecule has 1 N–H and O–H groups in total. The highest BCUT2D eigenvalue weighted by Crippen LogP contribution is 2.27. The van der Waals surface area contributed by atoms with Gasteiger partial charge in [-0.2, -0.15) is 13.2 Å². The Morgan fingerprint density at radius 1 is 1.20 bits per heavy atom. The maximum absolute atomic E-state index is 12.5. The molecule has 2 rings (SSSR count). The molecule has 20 heavy (non-hydrogen) atoms. The summed E-state index contributed by atoms with van der Waals surface area (Å²) in [5.74, 6) is 0.375. The van der Waals surface area contributed by atoms with Crippen molar-refractivity contribution in [3.8, 4) is 5.88 Å². The zero-order valence-corrected chi connectivity index (χ0v) is 10.5. The first-order chi connectivity index (χ1) is 9.49. The zero-order chi connectivity index (χ0) is 14.6. The van der Waals surface area contributed by atoms with E-state index in [-0.39, 0.29) is 12.5 Å². The Balaban J connectivity index is 2.03. The van der Waals surface area contributed by atoms with E-state index in [1.165, 1.54) is 7.11 Å². The van der Waals surface area contributed by atoms with Crippen molar-refractivity contribution in [3.63, 3.8) is 0 Å². The lowest BCUT2D eigenvalue weighted by Gasteiger charge is -2.08. The van der Waals surface area contributed by atoms with Crippen LogP contribution >= 0.6 is 0 Å². The van der Waals surface area contributed by atoms with Crippen LogP contribution in [0.15, 0.2) is 30.6 Å². The van der Waals surface area contributed by atoms with Crippen molar-refractivity contribution < 1.29 is 17.9 Å². The van der Waals surface area contributed by atoms with E-state index in [0.717, 1.165) is 17.8 Å². The maximum atomic E-state index is 12.5. The highest BCUT2D eigenvalue weighted by molar-refractivity contribution is 5.29. The Morgan fingerprint density at radius 3 is 2.60 bits per heavy atom. The van der Waals surface area contributed by atoms with Crippen LogP contribution in [0.3, 0.4) is 0 Å². The third-order valence-electron chi connectivity index (χ3n) is 2.40. The fraction of sp³-hybridized carbons (Fsp3) is 0.250. The molecule has 0 aliphatic carbocycles. The fourth-order valence-electron chi connectivity index (χ4n) is 1.42. The second-order valence-electron chi connectivity index (χ2n) is 3.83. The fourth-order valence-corrected chi connectivity index (χ4v) is 1.42. The van der Waals surface area contributed by atoms with Crippen LogP contribution in [0.4, 0.5) is 19.1 Å². The summed E-state index contributed by atoms with van der Waals surface area (Å²) in [5, 5.41) is 2.71. The number of hydrogen-bond acceptors (Lipinski definition) is 5. The van der Waals surface area contributed by atoms with Crippen LogP contribution in [-0.2, 0) is 12.7 Å². The average Bonchev–Trinajstić information content (AvgIpc) is 2.45. The van der Waals surface area contributed by atoms with Crippen molar-refractivity contribution in [2.24, 2.45) is 0 Å². The number of nitrogens with one attached hydrogen (secondary N) is 1. The summed E-state index contributed by atoms with van der Waals surface area (Å²) in [6.07, 6.45) is -1.87. The van der Waals surface area contributed by atoms with Crippen LogP contribution < -0.4 is 10.1 Å². The molecule has 0 fully saturated rings. The summed E-state index contributed by atoms with van der Waals surface area (Å²) in [6.45, 7) is 0.262. The summed E-state index contributed by atoms with van der Waals surface area (Å²) in [4.78, 5) is 11.1. The number of alkyl halides is 3. The summed E-state index contributed by atoms with van der Waals surface area (Å²) >= 11 is 0. The lowest BCUT2D eigenvalue weighted by atomic mass is 10.3. The number of ether oxygens (including phenoxy) is 1. The van der Waals surface area contributed by atoms with Gasteiger partial charge in [-0.05, 0) is 11.6 Å². The van der Waals surface area contributed by atoms with Gasteiger partial charge in [0.25, 0.3) is 0 Å². The number of halogens is 3. The molecule has 2 aromatic heterocycles. The second kappa shape index (κ2) is 5.72. The molecule has 0 spiro atoms. The van der Waals surface area contributed by atoms with Gasteiger partial charge >= 0.3 is 6.18 Å². The van der Waals surface area contributed by atoms with Crippen LogP contribution in [-0.4, -0.2) is 22.1 Å². The van der Waals surface area contributed by atoms with E-state index >= 15 is 0 Å². The molecule has 0 radical (unpaired) electrons. The van der Waals surface area contributed by atoms with Crippen molar-refractivity contribution in [1.29, 1.82) is 0 Å². The molecule has 0 atom stereocenters. The summed E-state index contributed by atoms with van der Waals surface area (Å²) in [5.41, 5.74) is -0.213. The normalized spacial score (nSPS) is 11.2. The molecule has 2 aromatic rings. The molecule has 0 bridgehead atoms. The number of anilines is 1. The lowest BCUT2D eigenvalue weighted by molar-refractivity contribution is -0.141. The number of hydrogen-bond donors (Lipinski definition) is 1. The topological polar surface area (TPSA) is 59.9 Å². The largest absolute Gasteiger partial charge is 0.481 e. The molecule has 2 heterocycles. The minimum absolute atomic E-state index is 0.0874. The van der Waals surface area contributed by atoms with E-state index in [1.807, 2.05) is 0 Å². The van der Waals surface area contributed by atoms with E-state index in [9.17, 15) is 13.2 Å². The lowest BCUT2D eigenvalue weighted by Crippen LogP contribution is -2.11. The quantitative estimate of drug-likeness (QED) is 0.934. The highest BCUT2D eigenvalue weighted by atomic mass is 19.4. The molecule has 8 heteroatoms. The highest BCUT2D eigenvalue weighted by Gasteiger charge is 2.32. The Morgan fingerprint density at radius 2 is 2.00 bits per heavy atom. The molecule has 106 valence electrons. The number of pyridine rings is 1. The van der Waals surface area contributed by atoms with Crippen LogP contribution in [0.1, 0.15) is 11.3 Å². The molecule has 0 aliphatic rings. The van der Waals surface area contributed by atoms with Crippen LogP contribution in [0.5, 0.6) is 5.88 Å². The van der Waals surface area contributed by atoms with Crippen molar-refractivity contribution in [2.75, 3.05) is 12.4 Å². The van der Waals surface area contributed by atoms with Gasteiger partial charge in [-0.1, -0.05) is 6.07 Å². The molecular formula is C12H11F3N4O. The number of rotatable bonds is 4. The smallest absolute Gasteiger partial charge is 0.433 e. The minimum atomic E-state index is -4.49. The van der Waals surface area contributed by atoms with E-state index in [1.54, 1.807) is 18.3 Å². The van der Waals surface area contributed by atoms with Gasteiger partial charge in [0, 0.05) is 25.0 Å². The zero-order valence-electron chi connectivity index (χ0n) is 10.5. The number of methoxy groups -OCH3 is 1. The van der Waals surface area contributed by atoms with Gasteiger partial charge < -0.3 is 10.1 Å². The monoisotopic (exact) mass is 284 g/mol. The second-order valence-corrected chi connectivity index (χ2v) is 3.83. The first kappa shape index (κ1) is 14.0. The Labute approximate surface area is 112 Å². The molecule has 0 saturated carbocycles. The SMILES string of the molecule is COc1ccc(CNc2nccc(C(F)(F)F)n2)cn1. The Hall–Kier alpha value is -2.38. The Kier molecular flexibility index (Phi) is 4.02. The maximum Gasteiger partial charge on any atom is 0.433 e. The standard InChI is InChI=1S/C12H11F3N4O/c1-20-10-3-2-8(6-17-10)7-18-11-16-5-4-9(19-11)12(13,14)15/h2-6H,7H2,1H3,(H,16,18,19). The number of nitrogens with zero attached hydrogens (tertiary/aromatic N) is 3. The van der Waals surface area contributed by atoms with Crippen molar-refractivity contribution in [3.05, 3.63) is 41.9 Å². The third kappa shape index (κ3) is 3.56. The summed E-state index contributed by atoms with van der Waals surface area (Å²) in [6, 6.07) is 4.22. The minimum Gasteiger partial charge on any atom is -0.481 e. The molecule has 0 saturated heterocycles. The van der Waals surface area contributed by atoms with Gasteiger partial charge in [-0.3, -0.25) is 0 Å². The summed E-state index contributed by atoms with van der Waals surface area (Å²) in [7, 11) is 1.50. The predicted octanol–water partition coefficient (Wildman–Crippen LogP) is 2.51.